The van der Waals surface area contributed by atoms with Crippen molar-refractivity contribution in [1.29, 1.82) is 0 Å². The van der Waals surface area contributed by atoms with Crippen molar-refractivity contribution < 1.29 is 9.90 Å². The predicted octanol–water partition coefficient (Wildman–Crippen LogP) is 0.969. The first-order chi connectivity index (χ1) is 8.09. The van der Waals surface area contributed by atoms with E-state index in [1.807, 2.05) is 30.5 Å². The van der Waals surface area contributed by atoms with E-state index in [4.69, 9.17) is 10.9 Å². The number of hydrogen-bond acceptors (Lipinski definition) is 3. The van der Waals surface area contributed by atoms with Crippen LogP contribution in [0.1, 0.15) is 5.56 Å². The van der Waals surface area contributed by atoms with Crippen LogP contribution in [0.3, 0.4) is 0 Å². The number of fused-ring (bicyclic) bond motifs is 1. The second-order valence-corrected chi connectivity index (χ2v) is 4.08. The summed E-state index contributed by atoms with van der Waals surface area (Å²) in [7, 11) is 1.56. The summed E-state index contributed by atoms with van der Waals surface area (Å²) in [5.74, 6) is 4.62. The van der Waals surface area contributed by atoms with Crippen LogP contribution in [0.4, 0.5) is 0 Å². The van der Waals surface area contributed by atoms with Gasteiger partial charge in [0.2, 0.25) is 0 Å². The third-order valence-corrected chi connectivity index (χ3v) is 2.86. The Morgan fingerprint density at radius 3 is 2.88 bits per heavy atom. The second-order valence-electron chi connectivity index (χ2n) is 4.08. The van der Waals surface area contributed by atoms with E-state index in [2.05, 4.69) is 4.98 Å². The zero-order valence-corrected chi connectivity index (χ0v) is 9.55. The first-order valence-corrected chi connectivity index (χ1v) is 5.35. The van der Waals surface area contributed by atoms with Crippen molar-refractivity contribution in [3.63, 3.8) is 0 Å². The Morgan fingerprint density at radius 2 is 2.24 bits per heavy atom. The van der Waals surface area contributed by atoms with Crippen molar-refractivity contribution in [2.45, 2.75) is 12.5 Å². The number of carbonyl (C=O) groups is 1. The molecule has 0 unspecified atom stereocenters. The summed E-state index contributed by atoms with van der Waals surface area (Å²) in [6, 6.07) is 7.08. The van der Waals surface area contributed by atoms with E-state index in [1.165, 1.54) is 5.01 Å². The van der Waals surface area contributed by atoms with Gasteiger partial charge in [-0.1, -0.05) is 18.2 Å². The summed E-state index contributed by atoms with van der Waals surface area (Å²) in [5, 5.41) is 11.4. The molecule has 90 valence electrons. The van der Waals surface area contributed by atoms with Crippen molar-refractivity contribution in [3.8, 4) is 0 Å². The van der Waals surface area contributed by atoms with Gasteiger partial charge in [0.15, 0.2) is 0 Å². The minimum atomic E-state index is -0.916. The van der Waals surface area contributed by atoms with Crippen LogP contribution in [0.15, 0.2) is 30.5 Å². The standard InChI is InChI=1S/C12H15N3O2/c1-15(13)11(12(16)17)6-8-7-14-10-5-3-2-4-9(8)10/h2-5,7,11,14H,6,13H2,1H3,(H,16,17)/t11-/m0/s1. The molecule has 1 aromatic carbocycles. The van der Waals surface area contributed by atoms with Gasteiger partial charge in [0.05, 0.1) is 0 Å². The number of nitrogens with zero attached hydrogens (tertiary/aromatic N) is 1. The number of aromatic nitrogens is 1. The number of H-pyrrole nitrogens is 1. The van der Waals surface area contributed by atoms with Crippen LogP contribution in [0, 0.1) is 0 Å². The molecule has 0 radical (unpaired) electrons. The molecule has 1 heterocycles. The number of carboxylic acids is 1. The number of likely N-dealkylation sites (N-methyl/N-ethyl adjacent to an activating group) is 1. The molecule has 0 aliphatic rings. The van der Waals surface area contributed by atoms with E-state index in [0.717, 1.165) is 16.5 Å². The molecule has 0 aliphatic carbocycles. The Balaban J connectivity index is 2.31. The summed E-state index contributed by atoms with van der Waals surface area (Å²) < 4.78 is 0. The maximum absolute atomic E-state index is 11.1. The molecule has 2 aromatic rings. The number of hydrogen-bond donors (Lipinski definition) is 3. The number of aliphatic carboxylic acids is 1. The molecule has 5 heteroatoms. The molecule has 1 atom stereocenters. The maximum atomic E-state index is 11.1. The van der Waals surface area contributed by atoms with Crippen LogP contribution >= 0.6 is 0 Å². The number of carboxylic acid groups (broad SMARTS) is 1. The Morgan fingerprint density at radius 1 is 1.53 bits per heavy atom. The molecule has 0 spiro atoms. The molecule has 0 saturated carbocycles. The fourth-order valence-electron chi connectivity index (χ4n) is 1.91. The van der Waals surface area contributed by atoms with Gasteiger partial charge in [0, 0.05) is 30.6 Å². The van der Waals surface area contributed by atoms with Gasteiger partial charge in [-0.3, -0.25) is 10.6 Å². The molecule has 0 amide bonds. The fourth-order valence-corrected chi connectivity index (χ4v) is 1.91. The second kappa shape index (κ2) is 4.57. The summed E-state index contributed by atoms with van der Waals surface area (Å²) in [4.78, 5) is 14.2. The van der Waals surface area contributed by atoms with Gasteiger partial charge in [0.1, 0.15) is 6.04 Å². The van der Waals surface area contributed by atoms with Crippen molar-refractivity contribution in [2.24, 2.45) is 5.84 Å². The highest BCUT2D eigenvalue weighted by Gasteiger charge is 2.22. The third-order valence-electron chi connectivity index (χ3n) is 2.86. The van der Waals surface area contributed by atoms with E-state index < -0.39 is 12.0 Å². The molecule has 17 heavy (non-hydrogen) atoms. The van der Waals surface area contributed by atoms with Gasteiger partial charge in [-0.2, -0.15) is 0 Å². The molecule has 0 fully saturated rings. The van der Waals surface area contributed by atoms with Crippen molar-refractivity contribution in [2.75, 3.05) is 7.05 Å². The van der Waals surface area contributed by atoms with Gasteiger partial charge in [-0.15, -0.1) is 0 Å². The number of hydrazine groups is 1. The number of rotatable bonds is 4. The number of benzene rings is 1. The quantitative estimate of drug-likeness (QED) is 0.543. The first kappa shape index (κ1) is 11.6. The average Bonchev–Trinajstić information content (AvgIpc) is 2.68. The van der Waals surface area contributed by atoms with Gasteiger partial charge in [-0.05, 0) is 11.6 Å². The van der Waals surface area contributed by atoms with Gasteiger partial charge in [-0.25, -0.2) is 5.01 Å². The Bertz CT molecular complexity index is 533. The van der Waals surface area contributed by atoms with Crippen LogP contribution in [-0.4, -0.2) is 34.2 Å². The monoisotopic (exact) mass is 233 g/mol. The summed E-state index contributed by atoms with van der Waals surface area (Å²) in [6.45, 7) is 0. The molecule has 0 aliphatic heterocycles. The molecule has 5 nitrogen and oxygen atoms in total. The van der Waals surface area contributed by atoms with Crippen molar-refractivity contribution in [3.05, 3.63) is 36.0 Å². The molecule has 4 N–H and O–H groups in total. The molecule has 0 bridgehead atoms. The van der Waals surface area contributed by atoms with E-state index in [1.54, 1.807) is 7.05 Å². The summed E-state index contributed by atoms with van der Waals surface area (Å²) in [5.41, 5.74) is 1.97. The Labute approximate surface area is 98.8 Å². The summed E-state index contributed by atoms with van der Waals surface area (Å²) in [6.07, 6.45) is 2.22. The molecule has 0 saturated heterocycles. The first-order valence-electron chi connectivity index (χ1n) is 5.35. The largest absolute Gasteiger partial charge is 0.480 e. The van der Waals surface area contributed by atoms with Crippen LogP contribution in [-0.2, 0) is 11.2 Å². The minimum absolute atomic E-state index is 0.381. The smallest absolute Gasteiger partial charge is 0.322 e. The van der Waals surface area contributed by atoms with Crippen LogP contribution in [0.5, 0.6) is 0 Å². The Kier molecular flexibility index (Phi) is 3.12. The van der Waals surface area contributed by atoms with Crippen LogP contribution in [0.25, 0.3) is 10.9 Å². The highest BCUT2D eigenvalue weighted by Crippen LogP contribution is 2.19. The van der Waals surface area contributed by atoms with Crippen LogP contribution in [0.2, 0.25) is 0 Å². The lowest BCUT2D eigenvalue weighted by atomic mass is 10.1. The van der Waals surface area contributed by atoms with Gasteiger partial charge >= 0.3 is 5.97 Å². The molecular formula is C12H15N3O2. The van der Waals surface area contributed by atoms with Gasteiger partial charge < -0.3 is 10.1 Å². The molecule has 1 aromatic heterocycles. The number of nitrogens with one attached hydrogen (secondary N) is 1. The van der Waals surface area contributed by atoms with E-state index in [0.29, 0.717) is 6.42 Å². The normalized spacial score (nSPS) is 13.1. The number of para-hydroxylation sites is 1. The third kappa shape index (κ3) is 2.30. The predicted molar refractivity (Wildman–Crippen MR) is 65.4 cm³/mol. The lowest BCUT2D eigenvalue weighted by Crippen LogP contribution is -2.44. The van der Waals surface area contributed by atoms with Gasteiger partial charge in [0.25, 0.3) is 0 Å². The topological polar surface area (TPSA) is 82.3 Å². The SMILES string of the molecule is CN(N)[C@@H](Cc1c[nH]c2ccccc12)C(=O)O. The van der Waals surface area contributed by atoms with Crippen molar-refractivity contribution in [1.82, 2.24) is 9.99 Å². The lowest BCUT2D eigenvalue weighted by molar-refractivity contribution is -0.142. The highest BCUT2D eigenvalue weighted by molar-refractivity contribution is 5.84. The molecule has 2 rings (SSSR count). The Hall–Kier alpha value is -1.85. The average molecular weight is 233 g/mol. The highest BCUT2D eigenvalue weighted by atomic mass is 16.4. The van der Waals surface area contributed by atoms with Crippen LogP contribution < -0.4 is 5.84 Å². The van der Waals surface area contributed by atoms with E-state index in [-0.39, 0.29) is 0 Å². The number of aromatic amines is 1. The summed E-state index contributed by atoms with van der Waals surface area (Å²) >= 11 is 0. The zero-order chi connectivity index (χ0) is 12.4. The van der Waals surface area contributed by atoms with Crippen molar-refractivity contribution >= 4 is 16.9 Å². The zero-order valence-electron chi connectivity index (χ0n) is 9.55. The maximum Gasteiger partial charge on any atom is 0.322 e. The van der Waals surface area contributed by atoms with E-state index in [9.17, 15) is 4.79 Å². The molecular weight excluding hydrogens is 218 g/mol. The number of nitrogens with two attached hydrogens (primary N) is 1. The lowest BCUT2D eigenvalue weighted by Gasteiger charge is -2.18. The minimum Gasteiger partial charge on any atom is -0.480 e. The fraction of sp³-hybridized carbons (Fsp3) is 0.250. The van der Waals surface area contributed by atoms with E-state index >= 15 is 0 Å².